The lowest BCUT2D eigenvalue weighted by Gasteiger charge is -2.18. The summed E-state index contributed by atoms with van der Waals surface area (Å²) in [6.07, 6.45) is 6.84. The molecule has 2 atom stereocenters. The van der Waals surface area contributed by atoms with E-state index >= 15 is 0 Å². The van der Waals surface area contributed by atoms with Gasteiger partial charge in [-0.15, -0.1) is 11.3 Å². The number of Topliss-reactive ketones (excluding diaryl/α,β-unsaturated/α-hetero) is 1. The Morgan fingerprint density at radius 2 is 2.33 bits per heavy atom. The lowest BCUT2D eigenvalue weighted by molar-refractivity contribution is 0.0937. The minimum Gasteiger partial charge on any atom is -0.376 e. The summed E-state index contributed by atoms with van der Waals surface area (Å²) in [5.41, 5.74) is 1.81. The predicted molar refractivity (Wildman–Crippen MR) is 120 cm³/mol. The molecule has 0 aromatic carbocycles. The van der Waals surface area contributed by atoms with Crippen LogP contribution >= 0.6 is 23.1 Å². The van der Waals surface area contributed by atoms with E-state index in [4.69, 9.17) is 9.72 Å². The van der Waals surface area contributed by atoms with Gasteiger partial charge in [-0.1, -0.05) is 18.7 Å². The smallest absolute Gasteiger partial charge is 0.263 e. The van der Waals surface area contributed by atoms with E-state index in [9.17, 15) is 9.59 Å². The minimum atomic E-state index is 0.00214. The number of thioether (sulfide) groups is 1. The van der Waals surface area contributed by atoms with Gasteiger partial charge in [0, 0.05) is 17.7 Å². The van der Waals surface area contributed by atoms with Crippen molar-refractivity contribution < 1.29 is 9.53 Å². The van der Waals surface area contributed by atoms with Crippen molar-refractivity contribution >= 4 is 39.1 Å². The summed E-state index contributed by atoms with van der Waals surface area (Å²) in [7, 11) is 0. The molecule has 158 valence electrons. The third-order valence-electron chi connectivity index (χ3n) is 6.02. The fourth-order valence-electron chi connectivity index (χ4n) is 4.38. The molecule has 0 amide bonds. The Morgan fingerprint density at radius 1 is 1.43 bits per heavy atom. The number of hydrogen-bond acceptors (Lipinski definition) is 6. The first-order valence-corrected chi connectivity index (χ1v) is 12.4. The molecular formula is C22H25N3O3S2. The van der Waals surface area contributed by atoms with Gasteiger partial charge in [-0.25, -0.2) is 4.98 Å². The Hall–Kier alpha value is -1.90. The van der Waals surface area contributed by atoms with Crippen LogP contribution in [0.5, 0.6) is 0 Å². The number of rotatable bonds is 6. The number of aryl methyl sites for hydroxylation is 1. The number of hydrogen-bond donors (Lipinski definition) is 1. The average molecular weight is 444 g/mol. The fraction of sp³-hybridized carbons (Fsp3) is 0.500. The first kappa shape index (κ1) is 20.0. The van der Waals surface area contributed by atoms with Crippen LogP contribution in [0.1, 0.15) is 47.1 Å². The van der Waals surface area contributed by atoms with Crippen molar-refractivity contribution in [3.8, 4) is 0 Å². The van der Waals surface area contributed by atoms with E-state index in [0.29, 0.717) is 23.3 Å². The molecule has 2 unspecified atom stereocenters. The average Bonchev–Trinajstić information content (AvgIpc) is 3.49. The number of carbonyl (C=O) groups is 1. The Bertz CT molecular complexity index is 1130. The van der Waals surface area contributed by atoms with E-state index in [1.807, 2.05) is 6.07 Å². The number of aromatic amines is 1. The Labute approximate surface area is 183 Å². The quantitative estimate of drug-likeness (QED) is 0.353. The summed E-state index contributed by atoms with van der Waals surface area (Å²) in [5.74, 6) is 0.890. The van der Waals surface area contributed by atoms with Crippen molar-refractivity contribution in [2.24, 2.45) is 5.92 Å². The van der Waals surface area contributed by atoms with Gasteiger partial charge in [0.15, 0.2) is 10.9 Å². The summed E-state index contributed by atoms with van der Waals surface area (Å²) < 4.78 is 7.57. The van der Waals surface area contributed by atoms with Gasteiger partial charge in [0.05, 0.1) is 29.5 Å². The fourth-order valence-corrected chi connectivity index (χ4v) is 6.70. The standard InChI is InChI=1S/C22H25N3O3S2/c1-13-6-7-15-18(10-13)30-20-19(15)21(27)25(11-14-4-3-9-28-14)22(24-20)29-12-17(26)16-5-2-8-23-16/h2,5,8,13-14,23H,3-4,6-7,9-12H2,1H3. The summed E-state index contributed by atoms with van der Waals surface area (Å²) in [5, 5.41) is 1.41. The number of H-pyrrole nitrogens is 1. The molecule has 1 aliphatic carbocycles. The van der Waals surface area contributed by atoms with Gasteiger partial charge in [0.2, 0.25) is 0 Å². The van der Waals surface area contributed by atoms with E-state index < -0.39 is 0 Å². The van der Waals surface area contributed by atoms with Gasteiger partial charge in [-0.2, -0.15) is 0 Å². The first-order valence-electron chi connectivity index (χ1n) is 10.6. The van der Waals surface area contributed by atoms with E-state index in [1.165, 1.54) is 22.2 Å². The van der Waals surface area contributed by atoms with Crippen LogP contribution in [0, 0.1) is 5.92 Å². The van der Waals surface area contributed by atoms with Gasteiger partial charge in [-0.05, 0) is 55.7 Å². The van der Waals surface area contributed by atoms with Crippen LogP contribution in [0.3, 0.4) is 0 Å². The number of carbonyl (C=O) groups excluding carboxylic acids is 1. The van der Waals surface area contributed by atoms with Crippen molar-refractivity contribution in [2.45, 2.75) is 56.8 Å². The molecule has 30 heavy (non-hydrogen) atoms. The second-order valence-electron chi connectivity index (χ2n) is 8.27. The first-order chi connectivity index (χ1) is 14.6. The second kappa shape index (κ2) is 8.32. The third kappa shape index (κ3) is 3.76. The lowest BCUT2D eigenvalue weighted by Crippen LogP contribution is -2.29. The number of thiophene rings is 1. The molecule has 1 saturated heterocycles. The molecule has 0 saturated carbocycles. The zero-order valence-electron chi connectivity index (χ0n) is 17.0. The molecule has 0 radical (unpaired) electrons. The number of fused-ring (bicyclic) bond motifs is 3. The van der Waals surface area contributed by atoms with Crippen LogP contribution < -0.4 is 5.56 Å². The Kier molecular flexibility index (Phi) is 5.56. The number of ketones is 1. The maximum atomic E-state index is 13.6. The molecule has 0 spiro atoms. The topological polar surface area (TPSA) is 77.0 Å². The Morgan fingerprint density at radius 3 is 3.10 bits per heavy atom. The van der Waals surface area contributed by atoms with Crippen molar-refractivity contribution in [2.75, 3.05) is 12.4 Å². The Balaban J connectivity index is 1.53. The molecule has 8 heteroatoms. The van der Waals surface area contributed by atoms with Gasteiger partial charge < -0.3 is 9.72 Å². The van der Waals surface area contributed by atoms with Crippen LogP contribution in [-0.4, -0.2) is 38.8 Å². The van der Waals surface area contributed by atoms with Gasteiger partial charge >= 0.3 is 0 Å². The van der Waals surface area contributed by atoms with Crippen LogP contribution in [0.2, 0.25) is 0 Å². The molecule has 1 aliphatic heterocycles. The predicted octanol–water partition coefficient (Wildman–Crippen LogP) is 4.06. The molecule has 1 fully saturated rings. The highest BCUT2D eigenvalue weighted by molar-refractivity contribution is 7.99. The molecule has 4 heterocycles. The van der Waals surface area contributed by atoms with E-state index in [1.54, 1.807) is 28.2 Å². The van der Waals surface area contributed by atoms with Crippen LogP contribution in [0.15, 0.2) is 28.3 Å². The van der Waals surface area contributed by atoms with Crippen LogP contribution in [0.4, 0.5) is 0 Å². The maximum Gasteiger partial charge on any atom is 0.263 e. The summed E-state index contributed by atoms with van der Waals surface area (Å²) in [6.45, 7) is 3.51. The van der Waals surface area contributed by atoms with E-state index in [-0.39, 0.29) is 23.2 Å². The maximum absolute atomic E-state index is 13.6. The molecule has 2 aliphatic rings. The second-order valence-corrected chi connectivity index (χ2v) is 10.3. The molecule has 3 aromatic rings. The van der Waals surface area contributed by atoms with Crippen molar-refractivity contribution in [1.82, 2.24) is 14.5 Å². The zero-order chi connectivity index (χ0) is 20.7. The SMILES string of the molecule is CC1CCc2c(sc3nc(SCC(=O)c4ccc[nH]4)n(CC4CCCO4)c(=O)c23)C1. The molecular weight excluding hydrogens is 418 g/mol. The molecule has 6 nitrogen and oxygen atoms in total. The van der Waals surface area contributed by atoms with Crippen LogP contribution in [-0.2, 0) is 24.1 Å². The third-order valence-corrected chi connectivity index (χ3v) is 8.15. The molecule has 5 rings (SSSR count). The molecule has 0 bridgehead atoms. The number of nitrogens with zero attached hydrogens (tertiary/aromatic N) is 2. The highest BCUT2D eigenvalue weighted by Crippen LogP contribution is 2.36. The van der Waals surface area contributed by atoms with E-state index in [0.717, 1.165) is 48.9 Å². The highest BCUT2D eigenvalue weighted by Gasteiger charge is 2.26. The van der Waals surface area contributed by atoms with Gasteiger partial charge in [0.1, 0.15) is 4.83 Å². The van der Waals surface area contributed by atoms with Gasteiger partial charge in [-0.3, -0.25) is 14.2 Å². The normalized spacial score (nSPS) is 21.2. The van der Waals surface area contributed by atoms with Crippen molar-refractivity contribution in [1.29, 1.82) is 0 Å². The summed E-state index contributed by atoms with van der Waals surface area (Å²) in [6, 6.07) is 3.58. The van der Waals surface area contributed by atoms with Crippen molar-refractivity contribution in [3.05, 3.63) is 44.8 Å². The van der Waals surface area contributed by atoms with Crippen LogP contribution in [0.25, 0.3) is 10.2 Å². The molecule has 3 aromatic heterocycles. The minimum absolute atomic E-state index is 0.00214. The monoisotopic (exact) mass is 443 g/mol. The van der Waals surface area contributed by atoms with Gasteiger partial charge in [0.25, 0.3) is 5.56 Å². The number of aromatic nitrogens is 3. The zero-order valence-corrected chi connectivity index (χ0v) is 18.6. The highest BCUT2D eigenvalue weighted by atomic mass is 32.2. The summed E-state index contributed by atoms with van der Waals surface area (Å²) in [4.78, 5) is 36.1. The molecule has 1 N–H and O–H groups in total. The van der Waals surface area contributed by atoms with Crippen molar-refractivity contribution in [3.63, 3.8) is 0 Å². The number of ether oxygens (including phenoxy) is 1. The summed E-state index contributed by atoms with van der Waals surface area (Å²) >= 11 is 3.00. The largest absolute Gasteiger partial charge is 0.376 e. The lowest BCUT2D eigenvalue weighted by atomic mass is 9.89. The van der Waals surface area contributed by atoms with E-state index in [2.05, 4.69) is 11.9 Å². The number of nitrogens with one attached hydrogen (secondary N) is 1.